The maximum absolute atomic E-state index is 10.9. The molecule has 0 aromatic heterocycles. The van der Waals surface area contributed by atoms with E-state index in [1.54, 1.807) is 6.92 Å². The summed E-state index contributed by atoms with van der Waals surface area (Å²) in [6, 6.07) is 7.86. The number of hydrogen-bond acceptors (Lipinski definition) is 3. The molecule has 4 heteroatoms. The van der Waals surface area contributed by atoms with E-state index in [1.165, 1.54) is 5.56 Å². The third-order valence-electron chi connectivity index (χ3n) is 3.36. The average molecular weight is 249 g/mol. The molecule has 0 aliphatic carbocycles. The molecule has 1 N–H and O–H groups in total. The Bertz CT molecular complexity index is 396. The smallest absolute Gasteiger partial charge is 0.310 e. The number of ether oxygens (including phenoxy) is 1. The van der Waals surface area contributed by atoms with E-state index in [1.807, 2.05) is 24.3 Å². The lowest BCUT2D eigenvalue weighted by molar-refractivity contribution is -0.138. The van der Waals surface area contributed by atoms with Crippen LogP contribution in [0.3, 0.4) is 0 Å². The molecule has 1 saturated heterocycles. The largest absolute Gasteiger partial charge is 0.481 e. The van der Waals surface area contributed by atoms with Crippen molar-refractivity contribution in [1.29, 1.82) is 0 Å². The van der Waals surface area contributed by atoms with Crippen LogP contribution in [0.4, 0.5) is 0 Å². The van der Waals surface area contributed by atoms with Crippen molar-refractivity contribution in [3.8, 4) is 0 Å². The highest BCUT2D eigenvalue weighted by atomic mass is 16.5. The summed E-state index contributed by atoms with van der Waals surface area (Å²) < 4.78 is 5.31. The van der Waals surface area contributed by atoms with Gasteiger partial charge >= 0.3 is 5.97 Å². The minimum atomic E-state index is -0.782. The number of rotatable bonds is 4. The molecule has 1 atom stereocenters. The third kappa shape index (κ3) is 3.31. The van der Waals surface area contributed by atoms with E-state index in [2.05, 4.69) is 4.90 Å². The highest BCUT2D eigenvalue weighted by molar-refractivity contribution is 5.75. The van der Waals surface area contributed by atoms with Crippen LogP contribution in [0.2, 0.25) is 0 Å². The zero-order valence-electron chi connectivity index (χ0n) is 10.6. The maximum Gasteiger partial charge on any atom is 0.310 e. The first-order chi connectivity index (χ1) is 8.66. The highest BCUT2D eigenvalue weighted by Crippen LogP contribution is 2.17. The molecule has 1 unspecified atom stereocenters. The molecule has 0 saturated carbocycles. The quantitative estimate of drug-likeness (QED) is 0.882. The van der Waals surface area contributed by atoms with Crippen molar-refractivity contribution >= 4 is 5.97 Å². The Morgan fingerprint density at radius 2 is 1.94 bits per heavy atom. The first-order valence-electron chi connectivity index (χ1n) is 6.28. The number of morpholine rings is 1. The summed E-state index contributed by atoms with van der Waals surface area (Å²) in [6.45, 7) is 6.15. The summed E-state index contributed by atoms with van der Waals surface area (Å²) in [4.78, 5) is 13.2. The van der Waals surface area contributed by atoms with Gasteiger partial charge in [0.15, 0.2) is 0 Å². The van der Waals surface area contributed by atoms with E-state index in [4.69, 9.17) is 9.84 Å². The van der Waals surface area contributed by atoms with Crippen LogP contribution in [0, 0.1) is 0 Å². The molecule has 0 amide bonds. The molecule has 1 aromatic carbocycles. The molecule has 1 aliphatic heterocycles. The molecule has 1 fully saturated rings. The SMILES string of the molecule is CC(C(=O)O)c1ccc(CN2CCOCC2)cc1. The molecular formula is C14H19NO3. The standard InChI is InChI=1S/C14H19NO3/c1-11(14(16)17)13-4-2-12(3-5-13)10-15-6-8-18-9-7-15/h2-5,11H,6-10H2,1H3,(H,16,17). The normalized spacial score (nSPS) is 18.5. The molecule has 1 aliphatic rings. The summed E-state index contributed by atoms with van der Waals surface area (Å²) in [5, 5.41) is 8.94. The monoisotopic (exact) mass is 249 g/mol. The fourth-order valence-electron chi connectivity index (χ4n) is 2.07. The van der Waals surface area contributed by atoms with Crippen LogP contribution in [-0.2, 0) is 16.1 Å². The van der Waals surface area contributed by atoms with E-state index < -0.39 is 11.9 Å². The van der Waals surface area contributed by atoms with Gasteiger partial charge in [-0.05, 0) is 18.1 Å². The van der Waals surface area contributed by atoms with Gasteiger partial charge in [0.1, 0.15) is 0 Å². The van der Waals surface area contributed by atoms with Crippen molar-refractivity contribution in [2.75, 3.05) is 26.3 Å². The highest BCUT2D eigenvalue weighted by Gasteiger charge is 2.14. The van der Waals surface area contributed by atoms with E-state index in [0.29, 0.717) is 0 Å². The fraction of sp³-hybridized carbons (Fsp3) is 0.500. The van der Waals surface area contributed by atoms with Crippen molar-refractivity contribution in [3.05, 3.63) is 35.4 Å². The topological polar surface area (TPSA) is 49.8 Å². The second kappa shape index (κ2) is 5.98. The molecule has 0 bridgehead atoms. The predicted octanol–water partition coefficient (Wildman–Crippen LogP) is 1.71. The van der Waals surface area contributed by atoms with E-state index in [-0.39, 0.29) is 0 Å². The van der Waals surface area contributed by atoms with Gasteiger partial charge in [-0.2, -0.15) is 0 Å². The average Bonchev–Trinajstić information content (AvgIpc) is 2.40. The van der Waals surface area contributed by atoms with Crippen molar-refractivity contribution in [3.63, 3.8) is 0 Å². The molecule has 0 spiro atoms. The molecule has 1 aromatic rings. The lowest BCUT2D eigenvalue weighted by Gasteiger charge is -2.26. The number of hydrogen-bond donors (Lipinski definition) is 1. The zero-order valence-corrected chi connectivity index (χ0v) is 10.6. The Morgan fingerprint density at radius 1 is 1.33 bits per heavy atom. The Hall–Kier alpha value is -1.39. The van der Waals surface area contributed by atoms with Gasteiger partial charge in [-0.25, -0.2) is 0 Å². The van der Waals surface area contributed by atoms with Crippen LogP contribution >= 0.6 is 0 Å². The van der Waals surface area contributed by atoms with Crippen molar-refractivity contribution in [2.45, 2.75) is 19.4 Å². The van der Waals surface area contributed by atoms with Crippen LogP contribution in [0.25, 0.3) is 0 Å². The minimum absolute atomic E-state index is 0.442. The molecule has 2 rings (SSSR count). The summed E-state index contributed by atoms with van der Waals surface area (Å²) in [5.74, 6) is -1.22. The first kappa shape index (κ1) is 13.1. The van der Waals surface area contributed by atoms with Crippen molar-refractivity contribution < 1.29 is 14.6 Å². The molecular weight excluding hydrogens is 230 g/mol. The van der Waals surface area contributed by atoms with Gasteiger partial charge in [0.05, 0.1) is 19.1 Å². The number of carboxylic acids is 1. The number of nitrogens with zero attached hydrogens (tertiary/aromatic N) is 1. The van der Waals surface area contributed by atoms with Gasteiger partial charge < -0.3 is 9.84 Å². The van der Waals surface area contributed by atoms with Gasteiger partial charge in [0.25, 0.3) is 0 Å². The van der Waals surface area contributed by atoms with Crippen LogP contribution in [0.15, 0.2) is 24.3 Å². The van der Waals surface area contributed by atoms with E-state index >= 15 is 0 Å². The predicted molar refractivity (Wildman–Crippen MR) is 68.6 cm³/mol. The number of aliphatic carboxylic acids is 1. The van der Waals surface area contributed by atoms with Gasteiger partial charge in [0, 0.05) is 19.6 Å². The summed E-state index contributed by atoms with van der Waals surface area (Å²) in [7, 11) is 0. The Labute approximate surface area is 107 Å². The van der Waals surface area contributed by atoms with Gasteiger partial charge in [-0.15, -0.1) is 0 Å². The number of carbonyl (C=O) groups is 1. The van der Waals surface area contributed by atoms with E-state index in [0.717, 1.165) is 38.4 Å². The summed E-state index contributed by atoms with van der Waals surface area (Å²) in [6.07, 6.45) is 0. The first-order valence-corrected chi connectivity index (χ1v) is 6.28. The molecule has 0 radical (unpaired) electrons. The Morgan fingerprint density at radius 3 is 2.50 bits per heavy atom. The zero-order chi connectivity index (χ0) is 13.0. The van der Waals surface area contributed by atoms with Crippen LogP contribution in [0.1, 0.15) is 24.0 Å². The molecule has 98 valence electrons. The number of benzene rings is 1. The lowest BCUT2D eigenvalue weighted by atomic mass is 10.00. The van der Waals surface area contributed by atoms with Gasteiger partial charge in [-0.3, -0.25) is 9.69 Å². The fourth-order valence-corrected chi connectivity index (χ4v) is 2.07. The number of carboxylic acid groups (broad SMARTS) is 1. The second-order valence-electron chi connectivity index (χ2n) is 4.69. The molecule has 4 nitrogen and oxygen atoms in total. The Balaban J connectivity index is 1.96. The molecule has 1 heterocycles. The van der Waals surface area contributed by atoms with Gasteiger partial charge in [-0.1, -0.05) is 24.3 Å². The van der Waals surface area contributed by atoms with Crippen molar-refractivity contribution in [2.24, 2.45) is 0 Å². The maximum atomic E-state index is 10.9. The Kier molecular flexibility index (Phi) is 4.33. The lowest BCUT2D eigenvalue weighted by Crippen LogP contribution is -2.35. The van der Waals surface area contributed by atoms with Crippen LogP contribution in [0.5, 0.6) is 0 Å². The van der Waals surface area contributed by atoms with E-state index in [9.17, 15) is 4.79 Å². The summed E-state index contributed by atoms with van der Waals surface area (Å²) in [5.41, 5.74) is 2.08. The van der Waals surface area contributed by atoms with Crippen LogP contribution in [-0.4, -0.2) is 42.3 Å². The van der Waals surface area contributed by atoms with Crippen molar-refractivity contribution in [1.82, 2.24) is 4.90 Å². The van der Waals surface area contributed by atoms with Gasteiger partial charge in [0.2, 0.25) is 0 Å². The second-order valence-corrected chi connectivity index (χ2v) is 4.69. The third-order valence-corrected chi connectivity index (χ3v) is 3.36. The molecule has 18 heavy (non-hydrogen) atoms. The van der Waals surface area contributed by atoms with Crippen LogP contribution < -0.4 is 0 Å². The minimum Gasteiger partial charge on any atom is -0.481 e. The summed E-state index contributed by atoms with van der Waals surface area (Å²) >= 11 is 0.